The number of rotatable bonds is 1. The lowest BCUT2D eigenvalue weighted by Crippen LogP contribution is -2.25. The summed E-state index contributed by atoms with van der Waals surface area (Å²) in [4.78, 5) is 2.66. The summed E-state index contributed by atoms with van der Waals surface area (Å²) in [7, 11) is 0. The van der Waals surface area contributed by atoms with Gasteiger partial charge in [0.2, 0.25) is 0 Å². The van der Waals surface area contributed by atoms with Crippen molar-refractivity contribution in [3.05, 3.63) is 180 Å². The highest BCUT2D eigenvalue weighted by atomic mass is 32.2. The van der Waals surface area contributed by atoms with Gasteiger partial charge >= 0.3 is 0 Å². The van der Waals surface area contributed by atoms with E-state index in [1.807, 2.05) is 11.8 Å². The molecule has 1 heterocycles. The predicted octanol–water partition coefficient (Wildman–Crippen LogP) is 12.1. The molecule has 46 heavy (non-hydrogen) atoms. The molecule has 0 aromatic heterocycles. The zero-order valence-corrected chi connectivity index (χ0v) is 25.7. The second-order valence-electron chi connectivity index (χ2n) is 12.8. The quantitative estimate of drug-likeness (QED) is 0.181. The Morgan fingerprint density at radius 3 is 1.72 bits per heavy atom. The fourth-order valence-electron chi connectivity index (χ4n) is 8.93. The molecule has 1 heteroatoms. The number of fused-ring (bicyclic) bond motifs is 13. The monoisotopic (exact) mass is 598 g/mol. The van der Waals surface area contributed by atoms with Crippen molar-refractivity contribution in [1.29, 1.82) is 0 Å². The first-order valence-corrected chi connectivity index (χ1v) is 16.8. The molecule has 8 aromatic carbocycles. The van der Waals surface area contributed by atoms with Crippen LogP contribution in [0.4, 0.5) is 0 Å². The molecule has 0 saturated carbocycles. The Morgan fingerprint density at radius 2 is 0.870 bits per heavy atom. The Hall–Kier alpha value is -5.37. The molecule has 11 rings (SSSR count). The van der Waals surface area contributed by atoms with Gasteiger partial charge in [-0.05, 0) is 102 Å². The Balaban J connectivity index is 1.27. The molecule has 1 unspecified atom stereocenters. The first kappa shape index (κ1) is 24.9. The molecule has 2 aliphatic carbocycles. The first-order chi connectivity index (χ1) is 22.8. The topological polar surface area (TPSA) is 0 Å². The molecule has 0 amide bonds. The fourth-order valence-corrected chi connectivity index (χ4v) is 10.1. The second kappa shape index (κ2) is 8.88. The highest BCUT2D eigenvalue weighted by Gasteiger charge is 2.52. The van der Waals surface area contributed by atoms with Gasteiger partial charge in [-0.25, -0.2) is 0 Å². The zero-order chi connectivity index (χ0) is 30.0. The van der Waals surface area contributed by atoms with E-state index in [0.717, 1.165) is 0 Å². The van der Waals surface area contributed by atoms with Crippen molar-refractivity contribution in [1.82, 2.24) is 0 Å². The molecular formula is C45H26S. The SMILES string of the molecule is c1ccc2c(c1)-c1cc3ccccc3cc1C21c2ccccc2-c2c(-c3cccc4c3-c3cccc5cccc(c35)S4)cccc21. The smallest absolute Gasteiger partial charge is 0.0725 e. The molecule has 8 aromatic rings. The number of hydrogen-bond donors (Lipinski definition) is 0. The molecule has 0 nitrogen and oxygen atoms in total. The van der Waals surface area contributed by atoms with Crippen LogP contribution in [0.2, 0.25) is 0 Å². The van der Waals surface area contributed by atoms with Crippen LogP contribution in [0.25, 0.3) is 66.1 Å². The van der Waals surface area contributed by atoms with Gasteiger partial charge in [0.05, 0.1) is 5.41 Å². The third-order valence-corrected chi connectivity index (χ3v) is 11.8. The second-order valence-corrected chi connectivity index (χ2v) is 13.8. The predicted molar refractivity (Wildman–Crippen MR) is 193 cm³/mol. The summed E-state index contributed by atoms with van der Waals surface area (Å²) in [5.74, 6) is 0. The molecule has 1 spiro atoms. The Bertz CT molecular complexity index is 2620. The van der Waals surface area contributed by atoms with Gasteiger partial charge < -0.3 is 0 Å². The van der Waals surface area contributed by atoms with Gasteiger partial charge in [0.15, 0.2) is 0 Å². The zero-order valence-electron chi connectivity index (χ0n) is 24.9. The third-order valence-electron chi connectivity index (χ3n) is 10.7. The molecule has 212 valence electrons. The van der Waals surface area contributed by atoms with E-state index in [1.165, 1.54) is 98.1 Å². The standard InChI is InChI=1S/C45H26S/c1-2-12-29-26-39-35(25-28(29)11-1)30-15-3-5-20-36(30)45(39)37-21-6-4-16-33(37)43-31(17-9-22-38(43)45)32-18-10-24-41-44(32)34-19-7-13-27-14-8-23-40(46-41)42(27)34/h1-26H. The fraction of sp³-hybridized carbons (Fsp3) is 0.0222. The summed E-state index contributed by atoms with van der Waals surface area (Å²) in [5, 5.41) is 5.24. The van der Waals surface area contributed by atoms with E-state index in [4.69, 9.17) is 0 Å². The summed E-state index contributed by atoms with van der Waals surface area (Å²) in [6.07, 6.45) is 0. The van der Waals surface area contributed by atoms with Crippen LogP contribution in [-0.4, -0.2) is 0 Å². The largest absolute Gasteiger partial charge is 0.0888 e. The maximum absolute atomic E-state index is 2.47. The lowest BCUT2D eigenvalue weighted by atomic mass is 9.70. The summed E-state index contributed by atoms with van der Waals surface area (Å²) >= 11 is 1.90. The Kier molecular flexibility index (Phi) is 4.80. The van der Waals surface area contributed by atoms with Crippen molar-refractivity contribution in [2.75, 3.05) is 0 Å². The van der Waals surface area contributed by atoms with E-state index >= 15 is 0 Å². The maximum atomic E-state index is 2.47. The van der Waals surface area contributed by atoms with E-state index in [-0.39, 0.29) is 5.41 Å². The molecule has 0 N–H and O–H groups in total. The molecule has 1 aliphatic heterocycles. The van der Waals surface area contributed by atoms with Gasteiger partial charge in [0.25, 0.3) is 0 Å². The van der Waals surface area contributed by atoms with Crippen molar-refractivity contribution >= 4 is 33.3 Å². The third kappa shape index (κ3) is 2.97. The van der Waals surface area contributed by atoms with Gasteiger partial charge in [0, 0.05) is 20.7 Å². The highest BCUT2D eigenvalue weighted by Crippen LogP contribution is 2.65. The van der Waals surface area contributed by atoms with Crippen LogP contribution in [0.3, 0.4) is 0 Å². The Labute approximate surface area is 272 Å². The summed E-state index contributed by atoms with van der Waals surface area (Å²) in [6, 6.07) is 59.4. The van der Waals surface area contributed by atoms with Crippen molar-refractivity contribution in [3.8, 4) is 44.5 Å². The summed E-state index contributed by atoms with van der Waals surface area (Å²) in [6.45, 7) is 0. The maximum Gasteiger partial charge on any atom is 0.0725 e. The summed E-state index contributed by atoms with van der Waals surface area (Å²) in [5.41, 5.74) is 15.8. The average molecular weight is 599 g/mol. The molecular weight excluding hydrogens is 573 g/mol. The van der Waals surface area contributed by atoms with Crippen LogP contribution in [0.5, 0.6) is 0 Å². The van der Waals surface area contributed by atoms with Gasteiger partial charge in [-0.3, -0.25) is 0 Å². The van der Waals surface area contributed by atoms with Gasteiger partial charge in [-0.1, -0.05) is 145 Å². The number of hydrogen-bond acceptors (Lipinski definition) is 1. The minimum absolute atomic E-state index is 0.381. The van der Waals surface area contributed by atoms with Crippen molar-refractivity contribution in [2.45, 2.75) is 15.2 Å². The molecule has 0 saturated heterocycles. The van der Waals surface area contributed by atoms with Crippen LogP contribution in [0.15, 0.2) is 168 Å². The van der Waals surface area contributed by atoms with Gasteiger partial charge in [-0.15, -0.1) is 0 Å². The van der Waals surface area contributed by atoms with Crippen LogP contribution in [0, 0.1) is 0 Å². The molecule has 0 fully saturated rings. The first-order valence-electron chi connectivity index (χ1n) is 16.0. The molecule has 1 atom stereocenters. The van der Waals surface area contributed by atoms with Crippen LogP contribution < -0.4 is 0 Å². The van der Waals surface area contributed by atoms with Gasteiger partial charge in [0.1, 0.15) is 0 Å². The van der Waals surface area contributed by atoms with Gasteiger partial charge in [-0.2, -0.15) is 0 Å². The Morgan fingerprint density at radius 1 is 0.326 bits per heavy atom. The highest BCUT2D eigenvalue weighted by molar-refractivity contribution is 7.99. The van der Waals surface area contributed by atoms with Crippen LogP contribution in [0.1, 0.15) is 22.3 Å². The summed E-state index contributed by atoms with van der Waals surface area (Å²) < 4.78 is 0. The van der Waals surface area contributed by atoms with Crippen molar-refractivity contribution in [2.24, 2.45) is 0 Å². The normalized spacial score (nSPS) is 16.3. The lowest BCUT2D eigenvalue weighted by molar-refractivity contribution is 0.795. The van der Waals surface area contributed by atoms with E-state index in [9.17, 15) is 0 Å². The van der Waals surface area contributed by atoms with Crippen LogP contribution in [-0.2, 0) is 5.41 Å². The molecule has 0 radical (unpaired) electrons. The molecule has 3 aliphatic rings. The van der Waals surface area contributed by atoms with Crippen molar-refractivity contribution in [3.63, 3.8) is 0 Å². The van der Waals surface area contributed by atoms with E-state index in [1.54, 1.807) is 0 Å². The average Bonchev–Trinajstić information content (AvgIpc) is 3.58. The van der Waals surface area contributed by atoms with E-state index in [0.29, 0.717) is 0 Å². The van der Waals surface area contributed by atoms with E-state index < -0.39 is 0 Å². The minimum atomic E-state index is -0.381. The van der Waals surface area contributed by atoms with E-state index in [2.05, 4.69) is 158 Å². The minimum Gasteiger partial charge on any atom is -0.0888 e. The van der Waals surface area contributed by atoms with Crippen molar-refractivity contribution < 1.29 is 0 Å². The van der Waals surface area contributed by atoms with Crippen LogP contribution >= 0.6 is 11.8 Å². The lowest BCUT2D eigenvalue weighted by Gasteiger charge is -2.31. The number of benzene rings is 8. The molecule has 0 bridgehead atoms.